The number of piperidine rings is 2. The highest BCUT2D eigenvalue weighted by Gasteiger charge is 2.40. The summed E-state index contributed by atoms with van der Waals surface area (Å²) in [5.41, 5.74) is -0.106. The Morgan fingerprint density at radius 1 is 1.13 bits per heavy atom. The van der Waals surface area contributed by atoms with Crippen molar-refractivity contribution in [2.45, 2.75) is 83.0 Å². The molecule has 23 heavy (non-hydrogen) atoms. The van der Waals surface area contributed by atoms with Crippen molar-refractivity contribution in [1.29, 1.82) is 0 Å². The fourth-order valence-corrected chi connectivity index (χ4v) is 5.41. The highest BCUT2D eigenvalue weighted by Crippen LogP contribution is 2.29. The van der Waals surface area contributed by atoms with Crippen LogP contribution in [0.5, 0.6) is 0 Å². The lowest BCUT2D eigenvalue weighted by Gasteiger charge is -2.47. The van der Waals surface area contributed by atoms with Crippen molar-refractivity contribution in [1.82, 2.24) is 14.9 Å². The molecule has 6 nitrogen and oxygen atoms in total. The Kier molecular flexibility index (Phi) is 5.14. The lowest BCUT2D eigenvalue weighted by Crippen LogP contribution is -2.63. The fourth-order valence-electron chi connectivity index (χ4n) is 4.29. The maximum Gasteiger partial charge on any atom is 0.238 e. The number of carbonyl (C=O) groups is 1. The van der Waals surface area contributed by atoms with Crippen molar-refractivity contribution >= 4 is 15.9 Å². The molecule has 0 saturated carbocycles. The summed E-state index contributed by atoms with van der Waals surface area (Å²) in [5.74, 6) is -0.145. The van der Waals surface area contributed by atoms with Crippen LogP contribution in [0.3, 0.4) is 0 Å². The summed E-state index contributed by atoms with van der Waals surface area (Å²) in [5, 5.41) is 6.71. The summed E-state index contributed by atoms with van der Waals surface area (Å²) in [7, 11) is -3.35. The number of nitrogens with zero attached hydrogens (tertiary/aromatic N) is 1. The molecule has 0 spiro atoms. The SMILES string of the molecule is CC1(C)CC(NC(=O)C2CCCCN2S(C)(=O)=O)CC(C)(C)N1. The monoisotopic (exact) mass is 345 g/mol. The molecule has 0 aliphatic carbocycles. The van der Waals surface area contributed by atoms with Crippen LogP contribution in [0.25, 0.3) is 0 Å². The molecule has 0 bridgehead atoms. The van der Waals surface area contributed by atoms with Gasteiger partial charge in [0.05, 0.1) is 6.26 Å². The molecular formula is C16H31N3O3S. The molecule has 0 radical (unpaired) electrons. The normalized spacial score (nSPS) is 29.2. The van der Waals surface area contributed by atoms with Gasteiger partial charge < -0.3 is 10.6 Å². The molecule has 1 amide bonds. The van der Waals surface area contributed by atoms with Gasteiger partial charge in [0.1, 0.15) is 6.04 Å². The molecule has 0 aromatic rings. The minimum absolute atomic E-state index is 0.0528. The minimum atomic E-state index is -3.35. The number of hydrogen-bond donors (Lipinski definition) is 2. The average Bonchev–Trinajstić information content (AvgIpc) is 2.33. The topological polar surface area (TPSA) is 78.5 Å². The molecule has 2 fully saturated rings. The Balaban J connectivity index is 2.08. The third kappa shape index (κ3) is 4.90. The summed E-state index contributed by atoms with van der Waals surface area (Å²) in [4.78, 5) is 12.7. The summed E-state index contributed by atoms with van der Waals surface area (Å²) in [6, 6.07) is -0.489. The van der Waals surface area contributed by atoms with E-state index in [-0.39, 0.29) is 23.0 Å². The number of rotatable bonds is 3. The summed E-state index contributed by atoms with van der Waals surface area (Å²) < 4.78 is 25.2. The van der Waals surface area contributed by atoms with E-state index in [0.29, 0.717) is 13.0 Å². The summed E-state index contributed by atoms with van der Waals surface area (Å²) >= 11 is 0. The van der Waals surface area contributed by atoms with E-state index in [4.69, 9.17) is 0 Å². The third-order valence-corrected chi connectivity index (χ3v) is 6.01. The van der Waals surface area contributed by atoms with Crippen LogP contribution >= 0.6 is 0 Å². The van der Waals surface area contributed by atoms with Crippen LogP contribution < -0.4 is 10.6 Å². The van der Waals surface area contributed by atoms with Gasteiger partial charge >= 0.3 is 0 Å². The Bertz CT molecular complexity index is 541. The smallest absolute Gasteiger partial charge is 0.238 e. The zero-order chi connectivity index (χ0) is 17.5. The van der Waals surface area contributed by atoms with Crippen LogP contribution in [0.15, 0.2) is 0 Å². The lowest BCUT2D eigenvalue weighted by atomic mass is 9.79. The first-order chi connectivity index (χ1) is 10.4. The van der Waals surface area contributed by atoms with Gasteiger partial charge in [-0.25, -0.2) is 8.42 Å². The van der Waals surface area contributed by atoms with Crippen LogP contribution in [0.2, 0.25) is 0 Å². The van der Waals surface area contributed by atoms with E-state index in [2.05, 4.69) is 38.3 Å². The van der Waals surface area contributed by atoms with Crippen LogP contribution in [0.1, 0.15) is 59.8 Å². The van der Waals surface area contributed by atoms with Gasteiger partial charge in [-0.3, -0.25) is 4.79 Å². The van der Waals surface area contributed by atoms with E-state index in [0.717, 1.165) is 25.7 Å². The molecular weight excluding hydrogens is 314 g/mol. The molecule has 2 heterocycles. The quantitative estimate of drug-likeness (QED) is 0.806. The predicted octanol–water partition coefficient (Wildman–Crippen LogP) is 1.23. The van der Waals surface area contributed by atoms with Crippen LogP contribution in [0, 0.1) is 0 Å². The first kappa shape index (κ1) is 18.7. The zero-order valence-corrected chi connectivity index (χ0v) is 15.8. The van der Waals surface area contributed by atoms with E-state index in [1.807, 2.05) is 0 Å². The minimum Gasteiger partial charge on any atom is -0.352 e. The Hall–Kier alpha value is -0.660. The Morgan fingerprint density at radius 2 is 1.70 bits per heavy atom. The molecule has 2 rings (SSSR count). The van der Waals surface area contributed by atoms with E-state index in [9.17, 15) is 13.2 Å². The zero-order valence-electron chi connectivity index (χ0n) is 15.0. The molecule has 1 unspecified atom stereocenters. The van der Waals surface area contributed by atoms with E-state index in [1.54, 1.807) is 0 Å². The van der Waals surface area contributed by atoms with E-state index >= 15 is 0 Å². The first-order valence-corrected chi connectivity index (χ1v) is 10.3. The van der Waals surface area contributed by atoms with Crippen molar-refractivity contribution in [3.8, 4) is 0 Å². The predicted molar refractivity (Wildman–Crippen MR) is 91.6 cm³/mol. The first-order valence-electron chi connectivity index (χ1n) is 8.46. The highest BCUT2D eigenvalue weighted by molar-refractivity contribution is 7.88. The van der Waals surface area contributed by atoms with Crippen LogP contribution in [0.4, 0.5) is 0 Å². The second-order valence-electron chi connectivity index (χ2n) is 8.39. The van der Waals surface area contributed by atoms with E-state index < -0.39 is 16.1 Å². The Labute approximate surface area is 140 Å². The van der Waals surface area contributed by atoms with Gasteiger partial charge in [0.2, 0.25) is 15.9 Å². The molecule has 2 aliphatic heterocycles. The molecule has 7 heteroatoms. The number of sulfonamides is 1. The molecule has 0 aromatic heterocycles. The van der Waals surface area contributed by atoms with Gasteiger partial charge in [-0.05, 0) is 53.4 Å². The van der Waals surface area contributed by atoms with Crippen molar-refractivity contribution in [2.24, 2.45) is 0 Å². The van der Waals surface area contributed by atoms with Gasteiger partial charge in [0.25, 0.3) is 0 Å². The van der Waals surface area contributed by atoms with Crippen molar-refractivity contribution in [3.05, 3.63) is 0 Å². The van der Waals surface area contributed by atoms with Crippen LogP contribution in [-0.4, -0.2) is 54.6 Å². The molecule has 2 saturated heterocycles. The summed E-state index contributed by atoms with van der Waals surface area (Å²) in [6.07, 6.45) is 5.20. The maximum absolute atomic E-state index is 12.7. The lowest BCUT2D eigenvalue weighted by molar-refractivity contribution is -0.127. The molecule has 2 aliphatic rings. The largest absolute Gasteiger partial charge is 0.352 e. The number of amides is 1. The van der Waals surface area contributed by atoms with Crippen molar-refractivity contribution in [2.75, 3.05) is 12.8 Å². The average molecular weight is 346 g/mol. The molecule has 1 atom stereocenters. The van der Waals surface area contributed by atoms with Gasteiger partial charge in [0.15, 0.2) is 0 Å². The fraction of sp³-hybridized carbons (Fsp3) is 0.938. The number of carbonyl (C=O) groups excluding carboxylic acids is 1. The van der Waals surface area contributed by atoms with Crippen molar-refractivity contribution in [3.63, 3.8) is 0 Å². The molecule has 134 valence electrons. The standard InChI is InChI=1S/C16H31N3O3S/c1-15(2)10-12(11-16(3,4)18-15)17-14(20)13-8-6-7-9-19(13)23(5,21)22/h12-13,18H,6-11H2,1-5H3,(H,17,20). The van der Waals surface area contributed by atoms with Gasteiger partial charge in [0, 0.05) is 23.7 Å². The molecule has 0 aromatic carbocycles. The second kappa shape index (κ2) is 6.33. The second-order valence-corrected chi connectivity index (χ2v) is 10.3. The maximum atomic E-state index is 12.7. The number of nitrogens with one attached hydrogen (secondary N) is 2. The number of hydrogen-bond acceptors (Lipinski definition) is 4. The van der Waals surface area contributed by atoms with Gasteiger partial charge in [-0.15, -0.1) is 0 Å². The molecule has 2 N–H and O–H groups in total. The Morgan fingerprint density at radius 3 is 2.22 bits per heavy atom. The van der Waals surface area contributed by atoms with Gasteiger partial charge in [-0.2, -0.15) is 4.31 Å². The third-order valence-electron chi connectivity index (χ3n) is 4.72. The summed E-state index contributed by atoms with van der Waals surface area (Å²) in [6.45, 7) is 8.99. The van der Waals surface area contributed by atoms with Crippen molar-refractivity contribution < 1.29 is 13.2 Å². The van der Waals surface area contributed by atoms with Crippen LogP contribution in [-0.2, 0) is 14.8 Å². The van der Waals surface area contributed by atoms with Gasteiger partial charge in [-0.1, -0.05) is 6.42 Å². The highest BCUT2D eigenvalue weighted by atomic mass is 32.2. The van der Waals surface area contributed by atoms with E-state index in [1.165, 1.54) is 10.6 Å².